The summed E-state index contributed by atoms with van der Waals surface area (Å²) in [6.45, 7) is 4.30. The molecule has 0 aliphatic carbocycles. The summed E-state index contributed by atoms with van der Waals surface area (Å²) in [6.07, 6.45) is 1.68. The molecule has 0 aromatic heterocycles. The Morgan fingerprint density at radius 1 is 1.20 bits per heavy atom. The minimum Gasteiger partial charge on any atom is -0.469 e. The summed E-state index contributed by atoms with van der Waals surface area (Å²) in [4.78, 5) is 47.4. The molecule has 200 valence electrons. The van der Waals surface area contributed by atoms with Crippen molar-refractivity contribution in [2.75, 3.05) is 38.4 Å². The monoisotopic (exact) mass is 539 g/mol. The number of nitrogens with zero attached hydrogens (tertiary/aromatic N) is 2. The molecule has 2 N–H and O–H groups in total. The Hall–Kier alpha value is -2.10. The lowest BCUT2D eigenvalue weighted by Gasteiger charge is -2.27. The zero-order valence-corrected chi connectivity index (χ0v) is 21.9. The maximum atomic E-state index is 12.3. The van der Waals surface area contributed by atoms with Crippen LogP contribution in [0.2, 0.25) is 0 Å². The van der Waals surface area contributed by atoms with E-state index in [-0.39, 0.29) is 25.0 Å². The normalized spacial score (nSPS) is 24.0. The standard InChI is InChI=1S/C14H23N3O8S.C6H10O2S/c1-4-23-12(19)14(2,3)8-24-26(21,22)25-17-9-5-6-10(11(15)18)16(7-9)13(17)20;1-8-6(7)5-2-3-9-4-5/h9-10H,4-8H2,1-3H3,(H2,15,18);5H,2-4H2,1H3/t9-,10+;/m1./s1. The Morgan fingerprint density at radius 2 is 1.89 bits per heavy atom. The molecule has 3 atom stereocenters. The van der Waals surface area contributed by atoms with Gasteiger partial charge in [0.05, 0.1) is 37.7 Å². The van der Waals surface area contributed by atoms with Crippen LogP contribution in [0.25, 0.3) is 0 Å². The van der Waals surface area contributed by atoms with Crippen LogP contribution in [0.3, 0.4) is 0 Å². The first-order valence-corrected chi connectivity index (χ1v) is 13.6. The van der Waals surface area contributed by atoms with Crippen molar-refractivity contribution in [3.05, 3.63) is 0 Å². The van der Waals surface area contributed by atoms with Gasteiger partial charge in [0.1, 0.15) is 6.04 Å². The van der Waals surface area contributed by atoms with E-state index in [4.69, 9.17) is 18.9 Å². The SMILES string of the molecule is CCOC(=O)C(C)(C)COS(=O)(=O)ON1C(=O)N2C[C@H]1CC[C@H]2C(N)=O.COC(=O)C1CCSC1. The number of carbonyl (C=O) groups is 4. The number of nitrogens with two attached hydrogens (primary N) is 1. The van der Waals surface area contributed by atoms with Gasteiger partial charge in [-0.25, -0.2) is 8.98 Å². The van der Waals surface area contributed by atoms with E-state index in [1.807, 2.05) is 11.8 Å². The molecule has 1 unspecified atom stereocenters. The van der Waals surface area contributed by atoms with Gasteiger partial charge in [0, 0.05) is 12.3 Å². The molecule has 3 amide bonds. The fourth-order valence-electron chi connectivity index (χ4n) is 3.64. The Labute approximate surface area is 209 Å². The number of amides is 3. The molecule has 0 aromatic carbocycles. The van der Waals surface area contributed by atoms with E-state index in [1.165, 1.54) is 25.9 Å². The topological polar surface area (TPSA) is 172 Å². The number of carbonyl (C=O) groups excluding carboxylic acids is 4. The number of piperidine rings is 1. The lowest BCUT2D eigenvalue weighted by molar-refractivity contribution is -0.155. The van der Waals surface area contributed by atoms with E-state index in [0.717, 1.165) is 17.9 Å². The molecule has 3 aliphatic rings. The minimum absolute atomic E-state index is 0.0417. The first-order chi connectivity index (χ1) is 16.3. The Kier molecular flexibility index (Phi) is 10.2. The Bertz CT molecular complexity index is 905. The lowest BCUT2D eigenvalue weighted by Crippen LogP contribution is -2.47. The number of thioether (sulfide) groups is 1. The predicted octanol–water partition coefficient (Wildman–Crippen LogP) is 0.435. The molecular weight excluding hydrogens is 506 g/mol. The molecule has 3 fully saturated rings. The van der Waals surface area contributed by atoms with Crippen LogP contribution < -0.4 is 5.73 Å². The van der Waals surface area contributed by atoms with E-state index in [9.17, 15) is 27.6 Å². The first-order valence-electron chi connectivity index (χ1n) is 11.1. The number of hydrogen-bond acceptors (Lipinski definition) is 11. The molecule has 13 nitrogen and oxygen atoms in total. The second-order valence-electron chi connectivity index (χ2n) is 8.84. The second kappa shape index (κ2) is 12.2. The van der Waals surface area contributed by atoms with E-state index < -0.39 is 52.4 Å². The average molecular weight is 540 g/mol. The van der Waals surface area contributed by atoms with Crippen molar-refractivity contribution in [2.45, 2.75) is 52.1 Å². The molecule has 0 saturated carbocycles. The number of rotatable bonds is 9. The third kappa shape index (κ3) is 7.69. The molecule has 15 heteroatoms. The highest BCUT2D eigenvalue weighted by atomic mass is 32.3. The van der Waals surface area contributed by atoms with Gasteiger partial charge in [0.2, 0.25) is 5.91 Å². The van der Waals surface area contributed by atoms with Crippen LogP contribution in [0.15, 0.2) is 0 Å². The molecule has 3 heterocycles. The number of fused-ring (bicyclic) bond motifs is 2. The molecule has 0 spiro atoms. The van der Waals surface area contributed by atoms with Crippen LogP contribution in [0, 0.1) is 11.3 Å². The highest BCUT2D eigenvalue weighted by Crippen LogP contribution is 2.31. The van der Waals surface area contributed by atoms with E-state index >= 15 is 0 Å². The Morgan fingerprint density at radius 3 is 2.43 bits per heavy atom. The van der Waals surface area contributed by atoms with Gasteiger partial charge >= 0.3 is 28.4 Å². The lowest BCUT2D eigenvalue weighted by atomic mass is 9.95. The highest BCUT2D eigenvalue weighted by Gasteiger charge is 2.49. The van der Waals surface area contributed by atoms with Gasteiger partial charge in [0.15, 0.2) is 0 Å². The number of methoxy groups -OCH3 is 1. The third-order valence-electron chi connectivity index (χ3n) is 5.68. The molecule has 2 bridgehead atoms. The summed E-state index contributed by atoms with van der Waals surface area (Å²) in [5.41, 5.74) is 4.03. The molecule has 3 saturated heterocycles. The summed E-state index contributed by atoms with van der Waals surface area (Å²) in [5, 5.41) is 0.676. The average Bonchev–Trinajstić information content (AvgIpc) is 3.42. The first kappa shape index (κ1) is 29.1. The summed E-state index contributed by atoms with van der Waals surface area (Å²) >= 11 is 1.83. The van der Waals surface area contributed by atoms with Gasteiger partial charge < -0.3 is 20.1 Å². The molecule has 35 heavy (non-hydrogen) atoms. The predicted molar refractivity (Wildman–Crippen MR) is 124 cm³/mol. The van der Waals surface area contributed by atoms with Crippen molar-refractivity contribution in [2.24, 2.45) is 17.1 Å². The van der Waals surface area contributed by atoms with Crippen LogP contribution in [0.5, 0.6) is 0 Å². The molecule has 3 rings (SSSR count). The number of hydrogen-bond donors (Lipinski definition) is 1. The van der Waals surface area contributed by atoms with Crippen molar-refractivity contribution in [1.82, 2.24) is 9.96 Å². The van der Waals surface area contributed by atoms with Gasteiger partial charge in [-0.3, -0.25) is 14.4 Å². The molecular formula is C20H33N3O10S2. The van der Waals surface area contributed by atoms with Gasteiger partial charge in [-0.05, 0) is 45.8 Å². The van der Waals surface area contributed by atoms with Crippen LogP contribution in [-0.2, 0) is 42.7 Å². The summed E-state index contributed by atoms with van der Waals surface area (Å²) in [6, 6.07) is -2.10. The minimum atomic E-state index is -4.60. The zero-order chi connectivity index (χ0) is 26.4. The number of esters is 2. The number of urea groups is 1. The van der Waals surface area contributed by atoms with E-state index in [0.29, 0.717) is 17.9 Å². The molecule has 0 radical (unpaired) electrons. The smallest absolute Gasteiger partial charge is 0.421 e. The van der Waals surface area contributed by atoms with Crippen LogP contribution in [0.4, 0.5) is 4.79 Å². The Balaban J connectivity index is 0.000000402. The van der Waals surface area contributed by atoms with Crippen molar-refractivity contribution in [3.63, 3.8) is 0 Å². The van der Waals surface area contributed by atoms with Crippen LogP contribution >= 0.6 is 11.8 Å². The maximum absolute atomic E-state index is 12.3. The van der Waals surface area contributed by atoms with E-state index in [1.54, 1.807) is 6.92 Å². The largest absolute Gasteiger partial charge is 0.469 e. The quantitative estimate of drug-likeness (QED) is 0.403. The van der Waals surface area contributed by atoms with Gasteiger partial charge in [-0.2, -0.15) is 25.2 Å². The van der Waals surface area contributed by atoms with Crippen molar-refractivity contribution in [1.29, 1.82) is 0 Å². The fraction of sp³-hybridized carbons (Fsp3) is 0.800. The summed E-state index contributed by atoms with van der Waals surface area (Å²) in [5.74, 6) is 0.916. The van der Waals surface area contributed by atoms with Crippen molar-refractivity contribution < 1.29 is 45.5 Å². The van der Waals surface area contributed by atoms with Crippen molar-refractivity contribution >= 4 is 46.0 Å². The van der Waals surface area contributed by atoms with Gasteiger partial charge in [-0.15, -0.1) is 4.28 Å². The highest BCUT2D eigenvalue weighted by molar-refractivity contribution is 7.99. The van der Waals surface area contributed by atoms with Gasteiger partial charge in [-0.1, -0.05) is 0 Å². The molecule has 3 aliphatic heterocycles. The summed E-state index contributed by atoms with van der Waals surface area (Å²) in [7, 11) is -3.15. The maximum Gasteiger partial charge on any atom is 0.421 e. The second-order valence-corrected chi connectivity index (χ2v) is 11.2. The van der Waals surface area contributed by atoms with Crippen LogP contribution in [0.1, 0.15) is 40.0 Å². The number of primary amides is 1. The number of hydroxylamine groups is 2. The van der Waals surface area contributed by atoms with Gasteiger partial charge in [0.25, 0.3) is 0 Å². The number of ether oxygens (including phenoxy) is 2. The van der Waals surface area contributed by atoms with E-state index in [2.05, 4.69) is 4.74 Å². The third-order valence-corrected chi connectivity index (χ3v) is 7.59. The molecule has 0 aromatic rings. The fourth-order valence-corrected chi connectivity index (χ4v) is 5.71. The zero-order valence-electron chi connectivity index (χ0n) is 20.3. The summed E-state index contributed by atoms with van der Waals surface area (Å²) < 4.78 is 43.1. The van der Waals surface area contributed by atoms with Crippen molar-refractivity contribution in [3.8, 4) is 0 Å². The van der Waals surface area contributed by atoms with Crippen LogP contribution in [-0.4, -0.2) is 92.7 Å².